The first-order valence-electron chi connectivity index (χ1n) is 8.81. The fourth-order valence-electron chi connectivity index (χ4n) is 3.45. The average Bonchev–Trinajstić information content (AvgIpc) is 3.11. The number of hydrogen-bond donors (Lipinski definition) is 2. The van der Waals surface area contributed by atoms with E-state index in [0.29, 0.717) is 18.0 Å². The smallest absolute Gasteiger partial charge is 0.255 e. The second-order valence-electron chi connectivity index (χ2n) is 6.54. The molecule has 1 saturated heterocycles. The van der Waals surface area contributed by atoms with Crippen LogP contribution < -0.4 is 10.6 Å². The summed E-state index contributed by atoms with van der Waals surface area (Å²) in [5.74, 6) is 0.475. The van der Waals surface area contributed by atoms with E-state index < -0.39 is 0 Å². The minimum Gasteiger partial charge on any atom is -0.348 e. The maximum Gasteiger partial charge on any atom is 0.255 e. The Balaban J connectivity index is 1.55. The second kappa shape index (κ2) is 7.07. The molecule has 128 valence electrons. The fourth-order valence-corrected chi connectivity index (χ4v) is 3.45. The van der Waals surface area contributed by atoms with Crippen LogP contribution in [0.3, 0.4) is 0 Å². The van der Waals surface area contributed by atoms with Crippen LogP contribution in [-0.2, 0) is 6.54 Å². The van der Waals surface area contributed by atoms with Crippen LogP contribution in [0, 0.1) is 0 Å². The van der Waals surface area contributed by atoms with Crippen molar-refractivity contribution in [1.82, 2.24) is 20.2 Å². The molecule has 0 spiro atoms. The third-order valence-corrected chi connectivity index (χ3v) is 4.90. The Morgan fingerprint density at radius 3 is 2.80 bits per heavy atom. The lowest BCUT2D eigenvalue weighted by Gasteiger charge is -2.23. The maximum absolute atomic E-state index is 12.6. The number of pyridine rings is 1. The molecule has 5 nitrogen and oxygen atoms in total. The maximum atomic E-state index is 12.6. The number of fused-ring (bicyclic) bond motifs is 1. The van der Waals surface area contributed by atoms with Crippen LogP contribution in [0.25, 0.3) is 5.52 Å². The highest BCUT2D eigenvalue weighted by Crippen LogP contribution is 2.26. The van der Waals surface area contributed by atoms with Crippen LogP contribution in [0.15, 0.2) is 54.9 Å². The molecule has 1 aromatic carbocycles. The lowest BCUT2D eigenvalue weighted by atomic mass is 9.90. The Hall–Kier alpha value is -2.66. The summed E-state index contributed by atoms with van der Waals surface area (Å²) in [6.07, 6.45) is 5.89. The number of aromatic nitrogens is 2. The van der Waals surface area contributed by atoms with Crippen molar-refractivity contribution in [3.05, 3.63) is 71.5 Å². The number of amides is 1. The number of benzene rings is 1. The predicted octanol–water partition coefficient (Wildman–Crippen LogP) is 2.73. The Morgan fingerprint density at radius 2 is 2.00 bits per heavy atom. The largest absolute Gasteiger partial charge is 0.348 e. The molecule has 0 radical (unpaired) electrons. The van der Waals surface area contributed by atoms with Gasteiger partial charge >= 0.3 is 0 Å². The summed E-state index contributed by atoms with van der Waals surface area (Å²) < 4.78 is 1.78. The zero-order valence-corrected chi connectivity index (χ0v) is 14.1. The third-order valence-electron chi connectivity index (χ3n) is 4.90. The first-order chi connectivity index (χ1) is 12.3. The Morgan fingerprint density at radius 1 is 1.20 bits per heavy atom. The van der Waals surface area contributed by atoms with E-state index >= 15 is 0 Å². The van der Waals surface area contributed by atoms with Crippen LogP contribution in [0.2, 0.25) is 0 Å². The molecule has 0 aliphatic carbocycles. The van der Waals surface area contributed by atoms with Gasteiger partial charge in [0.05, 0.1) is 17.3 Å². The summed E-state index contributed by atoms with van der Waals surface area (Å²) in [5.41, 5.74) is 3.89. The van der Waals surface area contributed by atoms with Gasteiger partial charge in [0.15, 0.2) is 0 Å². The number of hydrogen-bond acceptors (Lipinski definition) is 3. The van der Waals surface area contributed by atoms with Crippen molar-refractivity contribution in [2.45, 2.75) is 25.3 Å². The molecule has 1 aliphatic heterocycles. The van der Waals surface area contributed by atoms with Crippen LogP contribution >= 0.6 is 0 Å². The molecule has 25 heavy (non-hydrogen) atoms. The van der Waals surface area contributed by atoms with Gasteiger partial charge in [-0.2, -0.15) is 5.10 Å². The summed E-state index contributed by atoms with van der Waals surface area (Å²) in [5, 5.41) is 10.7. The SMILES string of the molecule is O=C(NCc1ccccc1)c1cnn2ccc(C3CCNCC3)cc12. The number of carbonyl (C=O) groups is 1. The molecule has 1 fully saturated rings. The molecule has 0 bridgehead atoms. The number of nitrogens with one attached hydrogen (secondary N) is 2. The highest BCUT2D eigenvalue weighted by atomic mass is 16.1. The number of rotatable bonds is 4. The topological polar surface area (TPSA) is 58.4 Å². The molecule has 0 saturated carbocycles. The first-order valence-corrected chi connectivity index (χ1v) is 8.81. The molecule has 3 heterocycles. The molecule has 2 N–H and O–H groups in total. The lowest BCUT2D eigenvalue weighted by Crippen LogP contribution is -2.26. The van der Waals surface area contributed by atoms with Crippen molar-refractivity contribution in [2.24, 2.45) is 0 Å². The summed E-state index contributed by atoms with van der Waals surface area (Å²) in [4.78, 5) is 12.6. The summed E-state index contributed by atoms with van der Waals surface area (Å²) in [6, 6.07) is 14.2. The van der Waals surface area contributed by atoms with Gasteiger partial charge in [0, 0.05) is 12.7 Å². The molecule has 5 heteroatoms. The Labute approximate surface area is 147 Å². The molecule has 1 aliphatic rings. The lowest BCUT2D eigenvalue weighted by molar-refractivity contribution is 0.0952. The van der Waals surface area contributed by atoms with E-state index in [0.717, 1.165) is 37.0 Å². The summed E-state index contributed by atoms with van der Waals surface area (Å²) in [6.45, 7) is 2.63. The quantitative estimate of drug-likeness (QED) is 0.771. The minimum absolute atomic E-state index is 0.0821. The van der Waals surface area contributed by atoms with Crippen LogP contribution in [0.5, 0.6) is 0 Å². The molecule has 1 amide bonds. The standard InChI is InChI=1S/C20H22N4O/c25-20(22-13-15-4-2-1-3-5-15)18-14-23-24-11-8-17(12-19(18)24)16-6-9-21-10-7-16/h1-5,8,11-12,14,16,21H,6-7,9-10,13H2,(H,22,25). The Kier molecular flexibility index (Phi) is 4.48. The van der Waals surface area contributed by atoms with Gasteiger partial charge in [0.1, 0.15) is 0 Å². The van der Waals surface area contributed by atoms with Gasteiger partial charge < -0.3 is 10.6 Å². The van der Waals surface area contributed by atoms with E-state index in [9.17, 15) is 4.79 Å². The molecular formula is C20H22N4O. The highest BCUT2D eigenvalue weighted by Gasteiger charge is 2.18. The van der Waals surface area contributed by atoms with Gasteiger partial charge in [0.25, 0.3) is 5.91 Å². The van der Waals surface area contributed by atoms with E-state index in [4.69, 9.17) is 0 Å². The fraction of sp³-hybridized carbons (Fsp3) is 0.300. The van der Waals surface area contributed by atoms with Crippen molar-refractivity contribution in [3.8, 4) is 0 Å². The van der Waals surface area contributed by atoms with E-state index in [1.807, 2.05) is 36.5 Å². The monoisotopic (exact) mass is 334 g/mol. The van der Waals surface area contributed by atoms with Gasteiger partial charge in [-0.3, -0.25) is 4.79 Å². The molecular weight excluding hydrogens is 312 g/mol. The number of carbonyl (C=O) groups excluding carboxylic acids is 1. The summed E-state index contributed by atoms with van der Waals surface area (Å²) in [7, 11) is 0. The van der Waals surface area contributed by atoms with E-state index in [1.54, 1.807) is 10.7 Å². The van der Waals surface area contributed by atoms with Gasteiger partial charge in [-0.05, 0) is 55.1 Å². The van der Waals surface area contributed by atoms with Gasteiger partial charge in [-0.15, -0.1) is 0 Å². The van der Waals surface area contributed by atoms with Crippen LogP contribution in [-0.4, -0.2) is 28.6 Å². The van der Waals surface area contributed by atoms with Crippen LogP contribution in [0.4, 0.5) is 0 Å². The van der Waals surface area contributed by atoms with E-state index in [2.05, 4.69) is 27.9 Å². The van der Waals surface area contributed by atoms with E-state index in [-0.39, 0.29) is 5.91 Å². The molecule has 3 aromatic rings. The molecule has 0 atom stereocenters. The van der Waals surface area contributed by atoms with Gasteiger partial charge in [-0.25, -0.2) is 4.52 Å². The molecule has 4 rings (SSSR count). The van der Waals surface area contributed by atoms with Gasteiger partial charge in [0.2, 0.25) is 0 Å². The van der Waals surface area contributed by atoms with Gasteiger partial charge in [-0.1, -0.05) is 30.3 Å². The second-order valence-corrected chi connectivity index (χ2v) is 6.54. The zero-order valence-electron chi connectivity index (χ0n) is 14.1. The van der Waals surface area contributed by atoms with Crippen LogP contribution in [0.1, 0.15) is 40.2 Å². The molecule has 2 aromatic heterocycles. The minimum atomic E-state index is -0.0821. The van der Waals surface area contributed by atoms with Crippen molar-refractivity contribution in [1.29, 1.82) is 0 Å². The zero-order chi connectivity index (χ0) is 17.1. The number of piperidine rings is 1. The third kappa shape index (κ3) is 3.42. The predicted molar refractivity (Wildman–Crippen MR) is 97.6 cm³/mol. The Bertz CT molecular complexity index is 866. The molecule has 0 unspecified atom stereocenters. The van der Waals surface area contributed by atoms with Crippen molar-refractivity contribution in [3.63, 3.8) is 0 Å². The first kappa shape index (κ1) is 15.8. The number of nitrogens with zero attached hydrogens (tertiary/aromatic N) is 2. The van der Waals surface area contributed by atoms with Crippen molar-refractivity contribution >= 4 is 11.4 Å². The average molecular weight is 334 g/mol. The van der Waals surface area contributed by atoms with E-state index in [1.165, 1.54) is 5.56 Å². The highest BCUT2D eigenvalue weighted by molar-refractivity contribution is 6.00. The summed E-state index contributed by atoms with van der Waals surface area (Å²) >= 11 is 0. The van der Waals surface area contributed by atoms with Crippen molar-refractivity contribution < 1.29 is 4.79 Å². The van der Waals surface area contributed by atoms with Crippen molar-refractivity contribution in [2.75, 3.05) is 13.1 Å². The normalized spacial score (nSPS) is 15.4.